The van der Waals surface area contributed by atoms with E-state index in [1.807, 2.05) is 13.0 Å². The first-order valence-corrected chi connectivity index (χ1v) is 12.4. The maximum atomic E-state index is 12.6. The lowest BCUT2D eigenvalue weighted by Gasteiger charge is -2.28. The number of sulfonamides is 1. The molecular weight excluding hydrogens is 466 g/mol. The van der Waals surface area contributed by atoms with Crippen molar-refractivity contribution in [3.63, 3.8) is 0 Å². The molecule has 13 heteroatoms. The molecule has 1 aliphatic heterocycles. The van der Waals surface area contributed by atoms with Gasteiger partial charge in [-0.2, -0.15) is 4.98 Å². The van der Waals surface area contributed by atoms with Gasteiger partial charge in [0.2, 0.25) is 11.9 Å². The number of hydrogen-bond acceptors (Lipinski definition) is 10. The summed E-state index contributed by atoms with van der Waals surface area (Å²) in [6.45, 7) is 6.12. The maximum absolute atomic E-state index is 12.6. The average molecular weight is 490 g/mol. The first kappa shape index (κ1) is 22.9. The monoisotopic (exact) mass is 489 g/mol. The summed E-state index contributed by atoms with van der Waals surface area (Å²) < 4.78 is 33.1. The number of nitrogens with zero attached hydrogens (tertiary/aromatic N) is 4. The van der Waals surface area contributed by atoms with E-state index in [1.54, 1.807) is 24.3 Å². The van der Waals surface area contributed by atoms with Crippen LogP contribution in [0.15, 0.2) is 40.7 Å². The Morgan fingerprint density at radius 3 is 2.52 bits per heavy atom. The molecular formula is C20H23N7O4S2. The van der Waals surface area contributed by atoms with Gasteiger partial charge in [0.25, 0.3) is 10.0 Å². The summed E-state index contributed by atoms with van der Waals surface area (Å²) >= 11 is 0.872. The second-order valence-electron chi connectivity index (χ2n) is 7.26. The van der Waals surface area contributed by atoms with E-state index in [2.05, 4.69) is 35.2 Å². The van der Waals surface area contributed by atoms with E-state index in [-0.39, 0.29) is 15.2 Å². The van der Waals surface area contributed by atoms with Crippen molar-refractivity contribution < 1.29 is 17.9 Å². The minimum absolute atomic E-state index is 0.00254. The van der Waals surface area contributed by atoms with Crippen LogP contribution in [0.2, 0.25) is 0 Å². The lowest BCUT2D eigenvalue weighted by molar-refractivity contribution is -0.114. The van der Waals surface area contributed by atoms with Gasteiger partial charge in [-0.25, -0.2) is 18.4 Å². The molecule has 1 aliphatic rings. The van der Waals surface area contributed by atoms with Gasteiger partial charge < -0.3 is 20.3 Å². The number of thiazole rings is 1. The highest BCUT2D eigenvalue weighted by Gasteiger charge is 2.19. The smallest absolute Gasteiger partial charge is 0.273 e. The van der Waals surface area contributed by atoms with Crippen LogP contribution in [0.3, 0.4) is 0 Å². The van der Waals surface area contributed by atoms with E-state index in [4.69, 9.17) is 4.74 Å². The first-order chi connectivity index (χ1) is 15.8. The molecule has 0 radical (unpaired) electrons. The Kier molecular flexibility index (Phi) is 6.72. The van der Waals surface area contributed by atoms with Crippen molar-refractivity contribution in [2.45, 2.75) is 18.1 Å². The van der Waals surface area contributed by atoms with E-state index in [0.717, 1.165) is 35.9 Å². The molecule has 1 saturated heterocycles. The van der Waals surface area contributed by atoms with Crippen molar-refractivity contribution in [3.05, 3.63) is 42.2 Å². The Morgan fingerprint density at radius 1 is 1.12 bits per heavy atom. The summed E-state index contributed by atoms with van der Waals surface area (Å²) in [6.07, 6.45) is 1.20. The summed E-state index contributed by atoms with van der Waals surface area (Å²) in [4.78, 5) is 26.2. The Hall–Kier alpha value is -3.29. The van der Waals surface area contributed by atoms with E-state index in [0.29, 0.717) is 30.5 Å². The fraction of sp³-hybridized carbons (Fsp3) is 0.300. The first-order valence-electron chi connectivity index (χ1n) is 10.1. The highest BCUT2D eigenvalue weighted by atomic mass is 32.2. The zero-order chi connectivity index (χ0) is 23.4. The van der Waals surface area contributed by atoms with Crippen LogP contribution in [0, 0.1) is 6.92 Å². The Labute approximate surface area is 195 Å². The quantitative estimate of drug-likeness (QED) is 0.457. The van der Waals surface area contributed by atoms with Crippen molar-refractivity contribution in [1.82, 2.24) is 15.0 Å². The summed E-state index contributed by atoms with van der Waals surface area (Å²) in [7, 11) is -3.83. The van der Waals surface area contributed by atoms with Crippen LogP contribution >= 0.6 is 11.3 Å². The number of morpholine rings is 1. The maximum Gasteiger partial charge on any atom is 0.273 e. The van der Waals surface area contributed by atoms with Crippen LogP contribution in [0.5, 0.6) is 0 Å². The molecule has 0 spiro atoms. The Bertz CT molecular complexity index is 1240. The van der Waals surface area contributed by atoms with Gasteiger partial charge in [0.15, 0.2) is 9.34 Å². The lowest BCUT2D eigenvalue weighted by atomic mass is 10.3. The SMILES string of the molecule is CC(=O)Nc1ncc(S(=O)(=O)Nc2ccc(Nc3nc(C)cc(N4CCOCC4)n3)cc2)s1. The minimum atomic E-state index is -3.83. The molecule has 174 valence electrons. The van der Waals surface area contributed by atoms with Crippen LogP contribution < -0.4 is 20.3 Å². The van der Waals surface area contributed by atoms with Crippen molar-refractivity contribution >= 4 is 55.5 Å². The summed E-state index contributed by atoms with van der Waals surface area (Å²) in [5.74, 6) is 0.972. The number of hydrogen-bond donors (Lipinski definition) is 3. The standard InChI is InChI=1S/C20H23N7O4S2/c1-13-11-17(27-7-9-31-10-8-27)25-19(22-13)24-15-3-5-16(6-4-15)26-33(29,30)18-12-21-20(32-18)23-14(2)28/h3-6,11-12,26H,7-10H2,1-2H3,(H,21,23,28)(H,22,24,25). The van der Waals surface area contributed by atoms with Gasteiger partial charge >= 0.3 is 0 Å². The molecule has 0 aliphatic carbocycles. The largest absolute Gasteiger partial charge is 0.378 e. The molecule has 11 nitrogen and oxygen atoms in total. The number of ether oxygens (including phenoxy) is 1. The van der Waals surface area contributed by atoms with Crippen molar-refractivity contribution in [2.75, 3.05) is 46.6 Å². The number of aryl methyl sites for hydroxylation is 1. The zero-order valence-electron chi connectivity index (χ0n) is 18.0. The number of rotatable bonds is 7. The third kappa shape index (κ3) is 5.94. The molecule has 0 atom stereocenters. The number of benzene rings is 1. The van der Waals surface area contributed by atoms with Gasteiger partial charge in [-0.15, -0.1) is 0 Å². The molecule has 0 unspecified atom stereocenters. The van der Waals surface area contributed by atoms with Crippen LogP contribution in [0.4, 0.5) is 28.3 Å². The second kappa shape index (κ2) is 9.68. The van der Waals surface area contributed by atoms with Gasteiger partial charge in [0.05, 0.1) is 19.4 Å². The van der Waals surface area contributed by atoms with Gasteiger partial charge in [0, 0.05) is 43.1 Å². The molecule has 1 aromatic carbocycles. The highest BCUT2D eigenvalue weighted by Crippen LogP contribution is 2.26. The molecule has 3 N–H and O–H groups in total. The van der Waals surface area contributed by atoms with Gasteiger partial charge in [-0.3, -0.25) is 9.52 Å². The van der Waals surface area contributed by atoms with Crippen molar-refractivity contribution in [1.29, 1.82) is 0 Å². The zero-order valence-corrected chi connectivity index (χ0v) is 19.7. The molecule has 4 rings (SSSR count). The molecule has 33 heavy (non-hydrogen) atoms. The van der Waals surface area contributed by atoms with Gasteiger partial charge in [-0.05, 0) is 31.2 Å². The molecule has 0 saturated carbocycles. The number of aromatic nitrogens is 3. The highest BCUT2D eigenvalue weighted by molar-refractivity contribution is 7.94. The summed E-state index contributed by atoms with van der Waals surface area (Å²) in [6, 6.07) is 8.66. The fourth-order valence-corrected chi connectivity index (χ4v) is 5.25. The van der Waals surface area contributed by atoms with Crippen LogP contribution in [-0.4, -0.2) is 55.6 Å². The van der Waals surface area contributed by atoms with E-state index < -0.39 is 10.0 Å². The molecule has 1 amide bonds. The summed E-state index contributed by atoms with van der Waals surface area (Å²) in [5.41, 5.74) is 1.93. The lowest BCUT2D eigenvalue weighted by Crippen LogP contribution is -2.36. The third-order valence-corrected chi connectivity index (χ3v) is 7.36. The number of nitrogens with one attached hydrogen (secondary N) is 3. The van der Waals surface area contributed by atoms with Crippen LogP contribution in [0.25, 0.3) is 0 Å². The van der Waals surface area contributed by atoms with Gasteiger partial charge in [-0.1, -0.05) is 11.3 Å². The Balaban J connectivity index is 1.44. The third-order valence-electron chi connectivity index (χ3n) is 4.60. The van der Waals surface area contributed by atoms with E-state index >= 15 is 0 Å². The fourth-order valence-electron chi connectivity index (χ4n) is 3.11. The molecule has 3 heterocycles. The number of amides is 1. The predicted molar refractivity (Wildman–Crippen MR) is 127 cm³/mol. The molecule has 1 fully saturated rings. The minimum Gasteiger partial charge on any atom is -0.378 e. The van der Waals surface area contributed by atoms with Gasteiger partial charge in [0.1, 0.15) is 5.82 Å². The molecule has 2 aromatic heterocycles. The predicted octanol–water partition coefficient (Wildman–Crippen LogP) is 2.58. The second-order valence-corrected chi connectivity index (χ2v) is 10.2. The topological polar surface area (TPSA) is 138 Å². The van der Waals surface area contributed by atoms with E-state index in [9.17, 15) is 13.2 Å². The Morgan fingerprint density at radius 2 is 1.82 bits per heavy atom. The van der Waals surface area contributed by atoms with Crippen molar-refractivity contribution in [3.8, 4) is 0 Å². The summed E-state index contributed by atoms with van der Waals surface area (Å²) in [5, 5.41) is 5.85. The normalized spacial score (nSPS) is 14.1. The van der Waals surface area contributed by atoms with Crippen LogP contribution in [-0.2, 0) is 19.6 Å². The molecule has 0 bridgehead atoms. The van der Waals surface area contributed by atoms with Crippen LogP contribution in [0.1, 0.15) is 12.6 Å². The van der Waals surface area contributed by atoms with E-state index in [1.165, 1.54) is 13.1 Å². The number of carbonyl (C=O) groups excluding carboxylic acids is 1. The average Bonchev–Trinajstić information content (AvgIpc) is 3.24. The van der Waals surface area contributed by atoms with Crippen molar-refractivity contribution in [2.24, 2.45) is 0 Å². The number of anilines is 5. The number of carbonyl (C=O) groups is 1. The molecule has 3 aromatic rings.